The molecule has 0 fully saturated rings. The Morgan fingerprint density at radius 1 is 1.10 bits per heavy atom. The van der Waals surface area contributed by atoms with Crippen LogP contribution in [-0.4, -0.2) is 15.0 Å². The van der Waals surface area contributed by atoms with Crippen molar-refractivity contribution in [2.24, 2.45) is 0 Å². The van der Waals surface area contributed by atoms with Crippen LogP contribution in [0.2, 0.25) is 10.0 Å². The van der Waals surface area contributed by atoms with Gasteiger partial charge < -0.3 is 5.73 Å². The summed E-state index contributed by atoms with van der Waals surface area (Å²) in [5.74, 6) is 0.516. The SMILES string of the molecule is Nc1ncc(-c2ccnc(-c3cc(Cl)ccc3Cl)n2)s1. The Kier molecular flexibility index (Phi) is 3.56. The van der Waals surface area contributed by atoms with Gasteiger partial charge in [-0.05, 0) is 24.3 Å². The van der Waals surface area contributed by atoms with Gasteiger partial charge in [-0.2, -0.15) is 0 Å². The lowest BCUT2D eigenvalue weighted by atomic mass is 10.2. The molecule has 100 valence electrons. The zero-order chi connectivity index (χ0) is 14.1. The Bertz CT molecular complexity index is 773. The van der Waals surface area contributed by atoms with E-state index < -0.39 is 0 Å². The Morgan fingerprint density at radius 3 is 2.70 bits per heavy atom. The third kappa shape index (κ3) is 2.60. The van der Waals surface area contributed by atoms with Gasteiger partial charge in [0.15, 0.2) is 11.0 Å². The van der Waals surface area contributed by atoms with Gasteiger partial charge in [0, 0.05) is 23.0 Å². The van der Waals surface area contributed by atoms with Crippen molar-refractivity contribution in [3.8, 4) is 22.0 Å². The van der Waals surface area contributed by atoms with Crippen LogP contribution in [0.4, 0.5) is 5.13 Å². The van der Waals surface area contributed by atoms with Crippen molar-refractivity contribution in [3.63, 3.8) is 0 Å². The standard InChI is InChI=1S/C13H8Cl2N4S/c14-7-1-2-9(15)8(5-7)12-17-4-3-10(19-12)11-6-18-13(16)20-11/h1-6H,(H2,16,18). The number of thiazole rings is 1. The maximum atomic E-state index is 6.16. The molecule has 0 saturated heterocycles. The smallest absolute Gasteiger partial charge is 0.180 e. The summed E-state index contributed by atoms with van der Waals surface area (Å²) in [7, 11) is 0. The number of anilines is 1. The number of rotatable bonds is 2. The number of nitrogen functional groups attached to an aromatic ring is 1. The molecule has 0 radical (unpaired) electrons. The van der Waals surface area contributed by atoms with E-state index in [9.17, 15) is 0 Å². The average Bonchev–Trinajstić information content (AvgIpc) is 2.88. The molecule has 0 bridgehead atoms. The Morgan fingerprint density at radius 2 is 1.95 bits per heavy atom. The molecule has 0 aliphatic rings. The van der Waals surface area contributed by atoms with E-state index >= 15 is 0 Å². The van der Waals surface area contributed by atoms with Crippen molar-refractivity contribution >= 4 is 39.7 Å². The molecule has 0 unspecified atom stereocenters. The molecular formula is C13H8Cl2N4S. The normalized spacial score (nSPS) is 10.7. The summed E-state index contributed by atoms with van der Waals surface area (Å²) in [6.45, 7) is 0. The van der Waals surface area contributed by atoms with Crippen molar-refractivity contribution in [1.29, 1.82) is 0 Å². The highest BCUT2D eigenvalue weighted by molar-refractivity contribution is 7.18. The fourth-order valence-electron chi connectivity index (χ4n) is 1.70. The van der Waals surface area contributed by atoms with E-state index in [4.69, 9.17) is 28.9 Å². The van der Waals surface area contributed by atoms with Crippen molar-refractivity contribution in [1.82, 2.24) is 15.0 Å². The molecule has 0 amide bonds. The number of halogens is 2. The molecule has 20 heavy (non-hydrogen) atoms. The minimum absolute atomic E-state index is 0.501. The monoisotopic (exact) mass is 322 g/mol. The fourth-order valence-corrected chi connectivity index (χ4v) is 2.73. The maximum Gasteiger partial charge on any atom is 0.180 e. The van der Waals surface area contributed by atoms with Gasteiger partial charge in [-0.1, -0.05) is 34.5 Å². The van der Waals surface area contributed by atoms with Crippen LogP contribution in [0.25, 0.3) is 22.0 Å². The summed E-state index contributed by atoms with van der Waals surface area (Å²) in [5, 5.41) is 1.64. The van der Waals surface area contributed by atoms with Crippen LogP contribution in [0.3, 0.4) is 0 Å². The topological polar surface area (TPSA) is 64.7 Å². The summed E-state index contributed by atoms with van der Waals surface area (Å²) < 4.78 is 0. The first-order valence-electron chi connectivity index (χ1n) is 5.63. The Balaban J connectivity index is 2.09. The summed E-state index contributed by atoms with van der Waals surface area (Å²) in [6, 6.07) is 6.99. The van der Waals surface area contributed by atoms with Crippen LogP contribution < -0.4 is 5.73 Å². The van der Waals surface area contributed by atoms with Crippen molar-refractivity contribution in [2.75, 3.05) is 5.73 Å². The quantitative estimate of drug-likeness (QED) is 0.769. The number of aromatic nitrogens is 3. The van der Waals surface area contributed by atoms with Crippen LogP contribution in [0.15, 0.2) is 36.7 Å². The Hall–Kier alpha value is -1.69. The molecule has 0 spiro atoms. The van der Waals surface area contributed by atoms with Gasteiger partial charge in [0.1, 0.15) is 0 Å². The van der Waals surface area contributed by atoms with Crippen molar-refractivity contribution in [3.05, 3.63) is 46.7 Å². The maximum absolute atomic E-state index is 6.16. The molecule has 0 atom stereocenters. The van der Waals surface area contributed by atoms with Gasteiger partial charge in [-0.25, -0.2) is 15.0 Å². The summed E-state index contributed by atoms with van der Waals surface area (Å²) in [6.07, 6.45) is 3.36. The zero-order valence-corrected chi connectivity index (χ0v) is 12.4. The molecule has 0 aliphatic heterocycles. The molecule has 2 N–H and O–H groups in total. The van der Waals surface area contributed by atoms with Crippen molar-refractivity contribution in [2.45, 2.75) is 0 Å². The highest BCUT2D eigenvalue weighted by Crippen LogP contribution is 2.31. The van der Waals surface area contributed by atoms with E-state index in [-0.39, 0.29) is 0 Å². The van der Waals surface area contributed by atoms with Gasteiger partial charge in [-0.15, -0.1) is 0 Å². The third-order valence-electron chi connectivity index (χ3n) is 2.60. The number of nitrogens with two attached hydrogens (primary N) is 1. The number of hydrogen-bond donors (Lipinski definition) is 1. The van der Waals surface area contributed by atoms with Gasteiger partial charge >= 0.3 is 0 Å². The van der Waals surface area contributed by atoms with Gasteiger partial charge in [0.25, 0.3) is 0 Å². The van der Waals surface area contributed by atoms with Gasteiger partial charge in [0.2, 0.25) is 0 Å². The molecule has 3 rings (SSSR count). The predicted molar refractivity (Wildman–Crippen MR) is 83.0 cm³/mol. The highest BCUT2D eigenvalue weighted by Gasteiger charge is 2.10. The van der Waals surface area contributed by atoms with Crippen LogP contribution >= 0.6 is 34.5 Å². The molecular weight excluding hydrogens is 315 g/mol. The molecule has 4 nitrogen and oxygen atoms in total. The largest absolute Gasteiger partial charge is 0.375 e. The second-order valence-electron chi connectivity index (χ2n) is 3.95. The number of benzene rings is 1. The molecule has 7 heteroatoms. The van der Waals surface area contributed by atoms with Crippen molar-refractivity contribution < 1.29 is 0 Å². The van der Waals surface area contributed by atoms with E-state index in [0.717, 1.165) is 10.6 Å². The molecule has 3 aromatic rings. The summed E-state index contributed by atoms with van der Waals surface area (Å²) in [4.78, 5) is 13.6. The average molecular weight is 323 g/mol. The Labute approximate surface area is 129 Å². The highest BCUT2D eigenvalue weighted by atomic mass is 35.5. The lowest BCUT2D eigenvalue weighted by Gasteiger charge is -2.04. The second kappa shape index (κ2) is 5.36. The molecule has 1 aromatic carbocycles. The first-order chi connectivity index (χ1) is 9.63. The molecule has 2 heterocycles. The zero-order valence-electron chi connectivity index (χ0n) is 10.0. The van der Waals surface area contributed by atoms with Crippen LogP contribution in [0, 0.1) is 0 Å². The van der Waals surface area contributed by atoms with Gasteiger partial charge in [-0.3, -0.25) is 0 Å². The minimum atomic E-state index is 0.501. The van der Waals surface area contributed by atoms with E-state index in [1.54, 1.807) is 36.7 Å². The summed E-state index contributed by atoms with van der Waals surface area (Å²) in [5.41, 5.74) is 7.08. The first-order valence-corrected chi connectivity index (χ1v) is 7.21. The fraction of sp³-hybridized carbons (Fsp3) is 0. The van der Waals surface area contributed by atoms with Crippen LogP contribution in [-0.2, 0) is 0 Å². The second-order valence-corrected chi connectivity index (χ2v) is 5.86. The van der Waals surface area contributed by atoms with E-state index in [1.165, 1.54) is 11.3 Å². The molecule has 0 aliphatic carbocycles. The summed E-state index contributed by atoms with van der Waals surface area (Å²) >= 11 is 13.5. The van der Waals surface area contributed by atoms with Crippen LogP contribution in [0.1, 0.15) is 0 Å². The lowest BCUT2D eigenvalue weighted by molar-refractivity contribution is 1.18. The van der Waals surface area contributed by atoms with Crippen LogP contribution in [0.5, 0.6) is 0 Å². The lowest BCUT2D eigenvalue weighted by Crippen LogP contribution is -1.91. The molecule has 2 aromatic heterocycles. The van der Waals surface area contributed by atoms with Gasteiger partial charge in [0.05, 0.1) is 15.6 Å². The number of hydrogen-bond acceptors (Lipinski definition) is 5. The van der Waals surface area contributed by atoms with E-state index in [0.29, 0.717) is 26.6 Å². The third-order valence-corrected chi connectivity index (χ3v) is 4.01. The molecule has 0 saturated carbocycles. The van der Waals surface area contributed by atoms with E-state index in [2.05, 4.69) is 15.0 Å². The first kappa shape index (κ1) is 13.3. The number of nitrogens with zero attached hydrogens (tertiary/aromatic N) is 3. The minimum Gasteiger partial charge on any atom is -0.375 e. The predicted octanol–water partition coefficient (Wildman–Crippen LogP) is 4.16. The van der Waals surface area contributed by atoms with E-state index in [1.807, 2.05) is 0 Å².